The molecule has 2 fully saturated rings. The zero-order chi connectivity index (χ0) is 26.7. The Balaban J connectivity index is 1.52. The van der Waals surface area contributed by atoms with E-state index in [0.717, 1.165) is 0 Å². The van der Waals surface area contributed by atoms with Gasteiger partial charge in [-0.3, -0.25) is 4.79 Å². The van der Waals surface area contributed by atoms with Crippen LogP contribution in [0.25, 0.3) is 0 Å². The van der Waals surface area contributed by atoms with Crippen molar-refractivity contribution in [2.45, 2.75) is 45.2 Å². The van der Waals surface area contributed by atoms with Crippen molar-refractivity contribution in [3.63, 3.8) is 0 Å². The Bertz CT molecular complexity index is 1090. The molecule has 0 aromatic heterocycles. The number of carbonyl (C=O) groups is 3. The van der Waals surface area contributed by atoms with Gasteiger partial charge >= 0.3 is 22.4 Å². The summed E-state index contributed by atoms with van der Waals surface area (Å²) >= 11 is 0. The van der Waals surface area contributed by atoms with Gasteiger partial charge in [0.1, 0.15) is 23.1 Å². The normalized spacial score (nSPS) is 19.8. The Morgan fingerprint density at radius 2 is 1.78 bits per heavy atom. The number of piperidine rings is 1. The third-order valence-electron chi connectivity index (χ3n) is 6.06. The van der Waals surface area contributed by atoms with Gasteiger partial charge in [0.15, 0.2) is 0 Å². The van der Waals surface area contributed by atoms with Gasteiger partial charge in [-0.1, -0.05) is 19.9 Å². The third-order valence-corrected chi connectivity index (χ3v) is 6.81. The first kappa shape index (κ1) is 27.5. The van der Waals surface area contributed by atoms with E-state index in [2.05, 4.69) is 0 Å². The summed E-state index contributed by atoms with van der Waals surface area (Å²) < 4.78 is 50.5. The monoisotopic (exact) mass is 529 g/mol. The second-order valence-electron chi connectivity index (χ2n) is 9.24. The number of hydrogen-bond donors (Lipinski definition) is 1. The number of nitrogens with zero attached hydrogens (tertiary/aromatic N) is 2. The Morgan fingerprint density at radius 1 is 1.14 bits per heavy atom. The Kier molecular flexibility index (Phi) is 8.31. The number of nitrogens with two attached hydrogens (primary N) is 1. The highest BCUT2D eigenvalue weighted by atomic mass is 32.3. The lowest BCUT2D eigenvalue weighted by molar-refractivity contribution is -0.122. The van der Waals surface area contributed by atoms with E-state index < -0.39 is 45.8 Å². The fraction of sp³-hybridized carbons (Fsp3) is 0.591. The summed E-state index contributed by atoms with van der Waals surface area (Å²) in [5.41, 5.74) is 4.72. The van der Waals surface area contributed by atoms with Crippen molar-refractivity contribution in [2.24, 2.45) is 11.1 Å². The maximum absolute atomic E-state index is 12.6. The molecule has 0 aliphatic carbocycles. The van der Waals surface area contributed by atoms with Crippen LogP contribution >= 0.6 is 0 Å². The predicted molar refractivity (Wildman–Crippen MR) is 124 cm³/mol. The number of esters is 1. The van der Waals surface area contributed by atoms with Crippen LogP contribution in [-0.4, -0.2) is 82.4 Å². The fourth-order valence-corrected chi connectivity index (χ4v) is 4.88. The van der Waals surface area contributed by atoms with E-state index in [1.165, 1.54) is 19.1 Å². The molecular formula is C22H31N3O10S. The molecule has 3 rings (SSSR count). The smallest absolute Gasteiger partial charge is 0.421 e. The molecule has 2 atom stereocenters. The molecule has 14 heteroatoms. The van der Waals surface area contributed by atoms with E-state index in [1.807, 2.05) is 0 Å². The zero-order valence-corrected chi connectivity index (χ0v) is 21.4. The molecule has 36 heavy (non-hydrogen) atoms. The Morgan fingerprint density at radius 3 is 2.36 bits per heavy atom. The van der Waals surface area contributed by atoms with Crippen molar-refractivity contribution in [2.75, 3.05) is 34.0 Å². The van der Waals surface area contributed by atoms with E-state index >= 15 is 0 Å². The molecule has 2 unspecified atom stereocenters. The first-order valence-corrected chi connectivity index (χ1v) is 12.6. The number of hydrogen-bond acceptors (Lipinski definition) is 10. The number of fused-ring (bicyclic) bond motifs is 2. The first-order chi connectivity index (χ1) is 16.9. The molecule has 2 bridgehead atoms. The highest BCUT2D eigenvalue weighted by molar-refractivity contribution is 7.81. The Hall–Kier alpha value is -3.10. The molecule has 2 saturated heterocycles. The van der Waals surface area contributed by atoms with Crippen LogP contribution in [0.1, 0.15) is 43.5 Å². The molecule has 2 heterocycles. The molecular weight excluding hydrogens is 498 g/mol. The minimum absolute atomic E-state index is 0.0343. The van der Waals surface area contributed by atoms with Crippen molar-refractivity contribution in [1.29, 1.82) is 0 Å². The maximum Gasteiger partial charge on any atom is 0.421 e. The summed E-state index contributed by atoms with van der Waals surface area (Å²) in [4.78, 5) is 37.9. The topological polar surface area (TPSA) is 164 Å². The largest absolute Gasteiger partial charge is 0.496 e. The molecule has 3 amide bonds. The number of rotatable bonds is 12. The molecule has 0 radical (unpaired) electrons. The summed E-state index contributed by atoms with van der Waals surface area (Å²) in [6.07, 6.45) is 0.934. The number of ether oxygens (including phenoxy) is 3. The minimum atomic E-state index is -4.59. The number of carbonyl (C=O) groups excluding carboxylic acids is 3. The highest BCUT2D eigenvalue weighted by Crippen LogP contribution is 2.32. The van der Waals surface area contributed by atoms with Crippen molar-refractivity contribution < 1.29 is 45.5 Å². The van der Waals surface area contributed by atoms with Crippen LogP contribution in [0.2, 0.25) is 0 Å². The van der Waals surface area contributed by atoms with Gasteiger partial charge in [0.05, 0.1) is 33.5 Å². The standard InChI is InChI=1S/C22H31N3O10S/c1-22(2,10-11-33-20(27)18-16(31-3)6-5-7-17(18)32-4)13-34-36(29,30)35-25-14-8-9-15(19(23)26)24(12-14)21(25)28/h5-7,14-15H,8-13H2,1-4H3,(H2,23,26). The molecule has 2 aliphatic heterocycles. The molecule has 2 N–H and O–H groups in total. The van der Waals surface area contributed by atoms with Crippen molar-refractivity contribution in [1.82, 2.24) is 9.96 Å². The third kappa shape index (κ3) is 6.17. The lowest BCUT2D eigenvalue weighted by atomic mass is 9.91. The van der Waals surface area contributed by atoms with E-state index in [9.17, 15) is 22.8 Å². The second-order valence-corrected chi connectivity index (χ2v) is 10.4. The van der Waals surface area contributed by atoms with Crippen LogP contribution in [0.4, 0.5) is 4.79 Å². The summed E-state index contributed by atoms with van der Waals surface area (Å²) in [6.45, 7) is 3.24. The second kappa shape index (κ2) is 10.9. The SMILES string of the molecule is COc1cccc(OC)c1C(=O)OCCC(C)(C)COS(=O)(=O)ON1C(=O)N2CC1CCC2C(N)=O. The molecule has 0 saturated carbocycles. The maximum atomic E-state index is 12.6. The number of urea groups is 1. The molecule has 1 aromatic rings. The Labute approximate surface area is 209 Å². The van der Waals surface area contributed by atoms with Gasteiger partial charge in [-0.15, -0.1) is 4.28 Å². The van der Waals surface area contributed by atoms with E-state index in [0.29, 0.717) is 29.4 Å². The van der Waals surface area contributed by atoms with Gasteiger partial charge in [-0.2, -0.15) is 13.5 Å². The number of benzene rings is 1. The summed E-state index contributed by atoms with van der Waals surface area (Å²) in [7, 11) is -1.75. The highest BCUT2D eigenvalue weighted by Gasteiger charge is 2.49. The van der Waals surface area contributed by atoms with E-state index in [4.69, 9.17) is 28.4 Å². The van der Waals surface area contributed by atoms with Crippen molar-refractivity contribution >= 4 is 28.3 Å². The average molecular weight is 530 g/mol. The summed E-state index contributed by atoms with van der Waals surface area (Å²) in [5, 5.41) is 0.716. The molecule has 200 valence electrons. The van der Waals surface area contributed by atoms with Crippen LogP contribution in [-0.2, 0) is 28.4 Å². The number of methoxy groups -OCH3 is 2. The summed E-state index contributed by atoms with van der Waals surface area (Å²) in [6, 6.07) is 2.78. The predicted octanol–water partition coefficient (Wildman–Crippen LogP) is 1.22. The van der Waals surface area contributed by atoms with Crippen LogP contribution in [0, 0.1) is 5.41 Å². The zero-order valence-electron chi connectivity index (χ0n) is 20.6. The van der Waals surface area contributed by atoms with Crippen LogP contribution < -0.4 is 15.2 Å². The van der Waals surface area contributed by atoms with Gasteiger partial charge in [0, 0.05) is 6.54 Å². The van der Waals surface area contributed by atoms with Gasteiger partial charge in [-0.25, -0.2) is 13.8 Å². The molecule has 1 aromatic carbocycles. The summed E-state index contributed by atoms with van der Waals surface area (Å²) in [5.74, 6) is -0.719. The minimum Gasteiger partial charge on any atom is -0.496 e. The molecule has 2 aliphatic rings. The van der Waals surface area contributed by atoms with E-state index in [1.54, 1.807) is 32.0 Å². The van der Waals surface area contributed by atoms with E-state index in [-0.39, 0.29) is 31.7 Å². The average Bonchev–Trinajstić information content (AvgIpc) is 3.06. The lowest BCUT2D eigenvalue weighted by Crippen LogP contribution is -2.47. The quantitative estimate of drug-likeness (QED) is 0.389. The number of hydroxylamine groups is 2. The van der Waals surface area contributed by atoms with Gasteiger partial charge in [0.2, 0.25) is 5.91 Å². The molecule has 13 nitrogen and oxygen atoms in total. The molecule has 0 spiro atoms. The van der Waals surface area contributed by atoms with Crippen molar-refractivity contribution in [3.05, 3.63) is 23.8 Å². The van der Waals surface area contributed by atoms with Gasteiger partial charge < -0.3 is 24.8 Å². The number of primary amides is 1. The first-order valence-electron chi connectivity index (χ1n) is 11.3. The number of amides is 3. The van der Waals surface area contributed by atoms with Gasteiger partial charge in [0.25, 0.3) is 0 Å². The lowest BCUT2D eigenvalue weighted by Gasteiger charge is -2.27. The van der Waals surface area contributed by atoms with Crippen LogP contribution in [0.15, 0.2) is 18.2 Å². The van der Waals surface area contributed by atoms with Crippen molar-refractivity contribution in [3.8, 4) is 11.5 Å². The van der Waals surface area contributed by atoms with Gasteiger partial charge in [-0.05, 0) is 36.8 Å². The fourth-order valence-electron chi connectivity index (χ4n) is 3.99. The van der Waals surface area contributed by atoms with Crippen LogP contribution in [0.5, 0.6) is 11.5 Å². The van der Waals surface area contributed by atoms with Crippen LogP contribution in [0.3, 0.4) is 0 Å².